The van der Waals surface area contributed by atoms with Gasteiger partial charge in [0.15, 0.2) is 0 Å². The lowest BCUT2D eigenvalue weighted by Crippen LogP contribution is -2.63. The second-order valence-corrected chi connectivity index (χ2v) is 9.59. The first-order valence-electron chi connectivity index (χ1n) is 11.5. The van der Waals surface area contributed by atoms with Crippen LogP contribution in [0.5, 0.6) is 0 Å². The van der Waals surface area contributed by atoms with Crippen molar-refractivity contribution in [2.24, 2.45) is 5.41 Å². The molecule has 0 spiro atoms. The zero-order chi connectivity index (χ0) is 24.5. The van der Waals surface area contributed by atoms with Crippen LogP contribution in [0.1, 0.15) is 50.2 Å². The number of rotatable bonds is 8. The highest BCUT2D eigenvalue weighted by molar-refractivity contribution is 5.86. The van der Waals surface area contributed by atoms with Crippen molar-refractivity contribution in [2.45, 2.75) is 57.2 Å². The minimum Gasteiger partial charge on any atom is -0.481 e. The van der Waals surface area contributed by atoms with Crippen LogP contribution in [0.2, 0.25) is 0 Å². The van der Waals surface area contributed by atoms with E-state index in [0.29, 0.717) is 6.42 Å². The highest BCUT2D eigenvalue weighted by atomic mass is 16.5. The molecule has 4 rings (SSSR count). The van der Waals surface area contributed by atoms with Gasteiger partial charge in [-0.25, -0.2) is 4.79 Å². The zero-order valence-corrected chi connectivity index (χ0v) is 19.3. The van der Waals surface area contributed by atoms with Crippen molar-refractivity contribution in [3.05, 3.63) is 59.7 Å². The summed E-state index contributed by atoms with van der Waals surface area (Å²) in [5.74, 6) is -1.67. The largest absolute Gasteiger partial charge is 0.481 e. The molecule has 0 heterocycles. The van der Waals surface area contributed by atoms with Crippen LogP contribution >= 0.6 is 0 Å². The van der Waals surface area contributed by atoms with Crippen LogP contribution in [0, 0.1) is 5.41 Å². The van der Waals surface area contributed by atoms with Crippen molar-refractivity contribution in [1.29, 1.82) is 0 Å². The van der Waals surface area contributed by atoms with Crippen LogP contribution in [0.4, 0.5) is 4.79 Å². The van der Waals surface area contributed by atoms with E-state index >= 15 is 0 Å². The molecule has 0 saturated heterocycles. The molecular formula is C26H30N2O6. The molecule has 0 bridgehead atoms. The van der Waals surface area contributed by atoms with Gasteiger partial charge in [0.25, 0.3) is 0 Å². The Balaban J connectivity index is 1.40. The monoisotopic (exact) mass is 466 g/mol. The van der Waals surface area contributed by atoms with Crippen molar-refractivity contribution in [2.75, 3.05) is 6.61 Å². The van der Waals surface area contributed by atoms with Gasteiger partial charge in [0.2, 0.25) is 5.91 Å². The van der Waals surface area contributed by atoms with E-state index in [1.165, 1.54) is 0 Å². The summed E-state index contributed by atoms with van der Waals surface area (Å²) in [5.41, 5.74) is 3.87. The first-order chi connectivity index (χ1) is 16.2. The van der Waals surface area contributed by atoms with Crippen molar-refractivity contribution in [1.82, 2.24) is 10.6 Å². The maximum Gasteiger partial charge on any atom is 0.407 e. The molecule has 2 aliphatic carbocycles. The average Bonchev–Trinajstić information content (AvgIpc) is 3.13. The molecule has 180 valence electrons. The summed E-state index contributed by atoms with van der Waals surface area (Å²) in [6.45, 7) is 3.78. The molecule has 1 fully saturated rings. The van der Waals surface area contributed by atoms with E-state index in [4.69, 9.17) is 9.84 Å². The molecule has 34 heavy (non-hydrogen) atoms. The number of hydrogen-bond donors (Lipinski definition) is 4. The smallest absolute Gasteiger partial charge is 0.407 e. The van der Waals surface area contributed by atoms with Gasteiger partial charge in [-0.2, -0.15) is 0 Å². The molecule has 0 radical (unpaired) electrons. The number of carboxylic acids is 1. The standard InChI is InChI=1S/C26H30N2O6/c1-26(2)21(13-22(26)29)28-24(32)20(11-12-23(30)31)27-25(33)34-14-19-17-9-5-3-7-15(17)16-8-4-6-10-18(16)19/h3-10,19-22,29H,11-14H2,1-2H3,(H,27,33)(H,28,32)(H,30,31). The van der Waals surface area contributed by atoms with Crippen molar-refractivity contribution >= 4 is 18.0 Å². The van der Waals surface area contributed by atoms with E-state index in [1.54, 1.807) is 0 Å². The van der Waals surface area contributed by atoms with E-state index in [1.807, 2.05) is 62.4 Å². The highest BCUT2D eigenvalue weighted by Crippen LogP contribution is 2.44. The Bertz CT molecular complexity index is 1050. The number of nitrogens with one attached hydrogen (secondary N) is 2. The van der Waals surface area contributed by atoms with Gasteiger partial charge in [-0.15, -0.1) is 0 Å². The summed E-state index contributed by atoms with van der Waals surface area (Å²) >= 11 is 0. The van der Waals surface area contributed by atoms with Gasteiger partial charge in [0, 0.05) is 23.8 Å². The molecule has 3 unspecified atom stereocenters. The molecule has 1 saturated carbocycles. The molecule has 0 aromatic heterocycles. The molecule has 8 heteroatoms. The van der Waals surface area contributed by atoms with Crippen molar-refractivity contribution in [3.63, 3.8) is 0 Å². The summed E-state index contributed by atoms with van der Waals surface area (Å²) in [6.07, 6.45) is -1.24. The van der Waals surface area contributed by atoms with Gasteiger partial charge in [0.1, 0.15) is 12.6 Å². The average molecular weight is 467 g/mol. The number of hydrogen-bond acceptors (Lipinski definition) is 5. The predicted molar refractivity (Wildman–Crippen MR) is 125 cm³/mol. The van der Waals surface area contributed by atoms with Gasteiger partial charge < -0.3 is 25.6 Å². The van der Waals surface area contributed by atoms with Crippen molar-refractivity contribution < 1.29 is 29.3 Å². The Hall–Kier alpha value is -3.39. The maximum atomic E-state index is 12.8. The fourth-order valence-corrected chi connectivity index (χ4v) is 4.74. The molecule has 8 nitrogen and oxygen atoms in total. The quantitative estimate of drug-likeness (QED) is 0.474. The Kier molecular flexibility index (Phi) is 6.61. The summed E-state index contributed by atoms with van der Waals surface area (Å²) < 4.78 is 5.51. The third kappa shape index (κ3) is 4.63. The van der Waals surface area contributed by atoms with Crippen LogP contribution in [0.15, 0.2) is 48.5 Å². The Morgan fingerprint density at radius 2 is 1.65 bits per heavy atom. The van der Waals surface area contributed by atoms with E-state index in [0.717, 1.165) is 22.3 Å². The number of carbonyl (C=O) groups is 3. The molecule has 2 amide bonds. The SMILES string of the molecule is CC1(C)C(O)CC1NC(=O)C(CCC(=O)O)NC(=O)OCC1c2ccccc2-c2ccccc21. The number of aliphatic carboxylic acids is 1. The molecular weight excluding hydrogens is 436 g/mol. The number of fused-ring (bicyclic) bond motifs is 3. The molecule has 2 aliphatic rings. The van der Waals surface area contributed by atoms with E-state index in [9.17, 15) is 19.5 Å². The molecule has 0 aliphatic heterocycles. The lowest BCUT2D eigenvalue weighted by molar-refractivity contribution is -0.137. The van der Waals surface area contributed by atoms with Crippen LogP contribution in [0.25, 0.3) is 11.1 Å². The second-order valence-electron chi connectivity index (χ2n) is 9.59. The van der Waals surface area contributed by atoms with Gasteiger partial charge in [-0.05, 0) is 35.1 Å². The number of alkyl carbamates (subject to hydrolysis) is 1. The number of benzene rings is 2. The topological polar surface area (TPSA) is 125 Å². The van der Waals surface area contributed by atoms with Gasteiger partial charge in [-0.1, -0.05) is 62.4 Å². The fraction of sp³-hybridized carbons (Fsp3) is 0.423. The van der Waals surface area contributed by atoms with Crippen LogP contribution in [-0.2, 0) is 14.3 Å². The van der Waals surface area contributed by atoms with Gasteiger partial charge in [-0.3, -0.25) is 9.59 Å². The van der Waals surface area contributed by atoms with Crippen LogP contribution in [0.3, 0.4) is 0 Å². The Labute approximate surface area is 198 Å². The summed E-state index contributed by atoms with van der Waals surface area (Å²) in [7, 11) is 0. The number of aliphatic hydroxyl groups excluding tert-OH is 1. The predicted octanol–water partition coefficient (Wildman–Crippen LogP) is 3.03. The summed E-state index contributed by atoms with van der Waals surface area (Å²) in [5, 5.41) is 24.3. The van der Waals surface area contributed by atoms with Gasteiger partial charge in [0.05, 0.1) is 6.10 Å². The number of carboxylic acid groups (broad SMARTS) is 1. The number of ether oxygens (including phenoxy) is 1. The molecule has 2 aromatic carbocycles. The third-order valence-electron chi connectivity index (χ3n) is 7.13. The number of amides is 2. The minimum atomic E-state index is -1.06. The summed E-state index contributed by atoms with van der Waals surface area (Å²) in [4.78, 5) is 36.5. The maximum absolute atomic E-state index is 12.8. The number of carbonyl (C=O) groups excluding carboxylic acids is 2. The van der Waals surface area contributed by atoms with E-state index in [2.05, 4.69) is 10.6 Å². The minimum absolute atomic E-state index is 0.0684. The summed E-state index contributed by atoms with van der Waals surface area (Å²) in [6, 6.07) is 14.6. The lowest BCUT2D eigenvalue weighted by Gasteiger charge is -2.49. The number of aliphatic hydroxyl groups is 1. The fourth-order valence-electron chi connectivity index (χ4n) is 4.74. The first-order valence-corrected chi connectivity index (χ1v) is 11.5. The Morgan fingerprint density at radius 1 is 1.06 bits per heavy atom. The molecule has 3 atom stereocenters. The zero-order valence-electron chi connectivity index (χ0n) is 19.3. The first kappa shape index (κ1) is 23.8. The van der Waals surface area contributed by atoms with E-state index < -0.39 is 35.5 Å². The normalized spacial score (nSPS) is 20.9. The van der Waals surface area contributed by atoms with Crippen LogP contribution in [-0.4, -0.2) is 53.0 Å². The molecule has 2 aromatic rings. The second kappa shape index (κ2) is 9.46. The lowest BCUT2D eigenvalue weighted by atomic mass is 9.64. The third-order valence-corrected chi connectivity index (χ3v) is 7.13. The van der Waals surface area contributed by atoms with Crippen LogP contribution < -0.4 is 10.6 Å². The van der Waals surface area contributed by atoms with Gasteiger partial charge >= 0.3 is 12.1 Å². The molecule has 4 N–H and O–H groups in total. The highest BCUT2D eigenvalue weighted by Gasteiger charge is 2.48. The van der Waals surface area contributed by atoms with E-state index in [-0.39, 0.29) is 31.4 Å². The Morgan fingerprint density at radius 3 is 2.18 bits per heavy atom. The van der Waals surface area contributed by atoms with Crippen molar-refractivity contribution in [3.8, 4) is 11.1 Å².